The molecule has 1 aromatic heterocycles. The third kappa shape index (κ3) is 4.10. The molecule has 0 aliphatic carbocycles. The van der Waals surface area contributed by atoms with Crippen molar-refractivity contribution in [3.63, 3.8) is 0 Å². The fraction of sp³-hybridized carbons (Fsp3) is 0.364. The smallest absolute Gasteiger partial charge is 0.308 e. The van der Waals surface area contributed by atoms with E-state index >= 15 is 0 Å². The van der Waals surface area contributed by atoms with E-state index in [0.717, 1.165) is 5.69 Å². The molecule has 17 heavy (non-hydrogen) atoms. The molecule has 92 valence electrons. The zero-order chi connectivity index (χ0) is 12.8. The molecule has 1 atom stereocenters. The molecule has 0 bridgehead atoms. The number of amides is 1. The van der Waals surface area contributed by atoms with Gasteiger partial charge in [0, 0.05) is 25.9 Å². The van der Waals surface area contributed by atoms with E-state index < -0.39 is 11.9 Å². The number of carbonyl (C=O) groups is 2. The van der Waals surface area contributed by atoms with E-state index in [1.807, 2.05) is 0 Å². The van der Waals surface area contributed by atoms with Crippen molar-refractivity contribution in [3.05, 3.63) is 24.0 Å². The van der Waals surface area contributed by atoms with Gasteiger partial charge in [-0.3, -0.25) is 14.3 Å². The number of aromatic nitrogens is 2. The van der Waals surface area contributed by atoms with Crippen LogP contribution in [0.2, 0.25) is 0 Å². The number of rotatable bonds is 5. The van der Waals surface area contributed by atoms with Crippen LogP contribution in [0.1, 0.15) is 12.6 Å². The molecule has 6 heteroatoms. The molecular formula is C11H15N3O3. The van der Waals surface area contributed by atoms with Crippen LogP contribution in [0.5, 0.6) is 0 Å². The Morgan fingerprint density at radius 3 is 2.88 bits per heavy atom. The first kappa shape index (κ1) is 13.0. The van der Waals surface area contributed by atoms with Crippen molar-refractivity contribution in [1.82, 2.24) is 15.1 Å². The Hall–Kier alpha value is -2.11. The first-order chi connectivity index (χ1) is 8.00. The van der Waals surface area contributed by atoms with Crippen LogP contribution in [0.25, 0.3) is 6.08 Å². The Bertz CT molecular complexity index is 437. The van der Waals surface area contributed by atoms with Gasteiger partial charge < -0.3 is 10.4 Å². The number of carboxylic acids is 1. The lowest BCUT2D eigenvalue weighted by molar-refractivity contribution is -0.141. The van der Waals surface area contributed by atoms with Gasteiger partial charge in [-0.25, -0.2) is 0 Å². The zero-order valence-corrected chi connectivity index (χ0v) is 9.75. The van der Waals surface area contributed by atoms with Gasteiger partial charge in [-0.1, -0.05) is 6.92 Å². The summed E-state index contributed by atoms with van der Waals surface area (Å²) in [4.78, 5) is 21.9. The summed E-state index contributed by atoms with van der Waals surface area (Å²) in [6.07, 6.45) is 4.60. The third-order valence-corrected chi connectivity index (χ3v) is 2.27. The number of nitrogens with one attached hydrogen (secondary N) is 1. The minimum atomic E-state index is -0.930. The largest absolute Gasteiger partial charge is 0.481 e. The van der Waals surface area contributed by atoms with Crippen molar-refractivity contribution in [2.24, 2.45) is 13.0 Å². The van der Waals surface area contributed by atoms with Crippen LogP contribution < -0.4 is 5.32 Å². The quantitative estimate of drug-likeness (QED) is 0.720. The van der Waals surface area contributed by atoms with E-state index in [9.17, 15) is 9.59 Å². The molecule has 1 aromatic rings. The molecule has 1 rings (SSSR count). The van der Waals surface area contributed by atoms with E-state index in [2.05, 4.69) is 10.4 Å². The van der Waals surface area contributed by atoms with Crippen LogP contribution in [0, 0.1) is 5.92 Å². The second-order valence-corrected chi connectivity index (χ2v) is 3.70. The van der Waals surface area contributed by atoms with Gasteiger partial charge >= 0.3 is 5.97 Å². The van der Waals surface area contributed by atoms with Gasteiger partial charge in [0.1, 0.15) is 0 Å². The highest BCUT2D eigenvalue weighted by molar-refractivity contribution is 5.91. The summed E-state index contributed by atoms with van der Waals surface area (Å²) in [6, 6.07) is 1.77. The van der Waals surface area contributed by atoms with Crippen LogP contribution in [-0.4, -0.2) is 33.3 Å². The Morgan fingerprint density at radius 1 is 1.65 bits per heavy atom. The Labute approximate surface area is 98.9 Å². The maximum absolute atomic E-state index is 11.4. The SMILES string of the molecule is CC(CNC(=O)C=Cc1ccnn1C)C(=O)O. The van der Waals surface area contributed by atoms with Crippen molar-refractivity contribution >= 4 is 18.0 Å². The highest BCUT2D eigenvalue weighted by Gasteiger charge is 2.10. The molecule has 0 aliphatic rings. The molecule has 1 heterocycles. The van der Waals surface area contributed by atoms with E-state index in [0.29, 0.717) is 0 Å². The molecule has 1 unspecified atom stereocenters. The van der Waals surface area contributed by atoms with Crippen LogP contribution in [0.15, 0.2) is 18.3 Å². The fourth-order valence-corrected chi connectivity index (χ4v) is 1.11. The minimum Gasteiger partial charge on any atom is -0.481 e. The average Bonchev–Trinajstić information content (AvgIpc) is 2.68. The molecule has 1 amide bonds. The first-order valence-electron chi connectivity index (χ1n) is 5.17. The number of nitrogens with zero attached hydrogens (tertiary/aromatic N) is 2. The second-order valence-electron chi connectivity index (χ2n) is 3.70. The standard InChI is InChI=1S/C11H15N3O3/c1-8(11(16)17)7-12-10(15)4-3-9-5-6-13-14(9)2/h3-6,8H,7H2,1-2H3,(H,12,15)(H,16,17). The summed E-state index contributed by atoms with van der Waals surface area (Å²) in [5.74, 6) is -1.84. The van der Waals surface area contributed by atoms with E-state index in [1.165, 1.54) is 13.0 Å². The topological polar surface area (TPSA) is 84.2 Å². The molecule has 0 saturated heterocycles. The monoisotopic (exact) mass is 237 g/mol. The van der Waals surface area contributed by atoms with Gasteiger partial charge in [0.15, 0.2) is 0 Å². The number of carbonyl (C=O) groups excluding carboxylic acids is 1. The average molecular weight is 237 g/mol. The fourth-order valence-electron chi connectivity index (χ4n) is 1.11. The van der Waals surface area contributed by atoms with Crippen LogP contribution in [0.4, 0.5) is 0 Å². The number of aliphatic carboxylic acids is 1. The highest BCUT2D eigenvalue weighted by atomic mass is 16.4. The van der Waals surface area contributed by atoms with Crippen LogP contribution >= 0.6 is 0 Å². The first-order valence-corrected chi connectivity index (χ1v) is 5.17. The molecule has 6 nitrogen and oxygen atoms in total. The van der Waals surface area contributed by atoms with Crippen molar-refractivity contribution < 1.29 is 14.7 Å². The predicted octanol–water partition coefficient (Wildman–Crippen LogP) is 0.270. The van der Waals surface area contributed by atoms with Crippen molar-refractivity contribution in [2.45, 2.75) is 6.92 Å². The molecule has 0 aliphatic heterocycles. The highest BCUT2D eigenvalue weighted by Crippen LogP contribution is 1.98. The number of aryl methyl sites for hydroxylation is 1. The van der Waals surface area contributed by atoms with Gasteiger partial charge in [0.05, 0.1) is 11.6 Å². The van der Waals surface area contributed by atoms with E-state index in [-0.39, 0.29) is 12.5 Å². The number of hydrogen-bond donors (Lipinski definition) is 2. The molecule has 2 N–H and O–H groups in total. The molecular weight excluding hydrogens is 222 g/mol. The summed E-state index contributed by atoms with van der Waals surface area (Å²) in [5.41, 5.74) is 0.798. The maximum Gasteiger partial charge on any atom is 0.308 e. The number of hydrogen-bond acceptors (Lipinski definition) is 3. The predicted molar refractivity (Wildman–Crippen MR) is 62.1 cm³/mol. The van der Waals surface area contributed by atoms with Crippen LogP contribution in [0.3, 0.4) is 0 Å². The summed E-state index contributed by atoms with van der Waals surface area (Å²) >= 11 is 0. The summed E-state index contributed by atoms with van der Waals surface area (Å²) in [7, 11) is 1.77. The van der Waals surface area contributed by atoms with Crippen molar-refractivity contribution in [1.29, 1.82) is 0 Å². The van der Waals surface area contributed by atoms with E-state index in [1.54, 1.807) is 30.1 Å². The summed E-state index contributed by atoms with van der Waals surface area (Å²) in [5, 5.41) is 15.1. The molecule has 0 saturated carbocycles. The maximum atomic E-state index is 11.4. The Balaban J connectivity index is 2.43. The minimum absolute atomic E-state index is 0.115. The normalized spacial score (nSPS) is 12.6. The Morgan fingerprint density at radius 2 is 2.35 bits per heavy atom. The van der Waals surface area contributed by atoms with Gasteiger partial charge in [0.25, 0.3) is 0 Å². The van der Waals surface area contributed by atoms with Gasteiger partial charge in [-0.05, 0) is 12.1 Å². The van der Waals surface area contributed by atoms with E-state index in [4.69, 9.17) is 5.11 Å². The molecule has 0 fully saturated rings. The van der Waals surface area contributed by atoms with Crippen molar-refractivity contribution in [2.75, 3.05) is 6.54 Å². The molecule has 0 aromatic carbocycles. The van der Waals surface area contributed by atoms with Gasteiger partial charge in [-0.2, -0.15) is 5.10 Å². The summed E-state index contributed by atoms with van der Waals surface area (Å²) < 4.78 is 1.63. The lowest BCUT2D eigenvalue weighted by atomic mass is 10.2. The number of carboxylic acid groups (broad SMARTS) is 1. The van der Waals surface area contributed by atoms with Gasteiger partial charge in [-0.15, -0.1) is 0 Å². The zero-order valence-electron chi connectivity index (χ0n) is 9.75. The lowest BCUT2D eigenvalue weighted by Crippen LogP contribution is -2.30. The third-order valence-electron chi connectivity index (χ3n) is 2.27. The second kappa shape index (κ2) is 5.83. The van der Waals surface area contributed by atoms with Gasteiger partial charge in [0.2, 0.25) is 5.91 Å². The Kier molecular flexibility index (Phi) is 4.45. The lowest BCUT2D eigenvalue weighted by Gasteiger charge is -2.05. The van der Waals surface area contributed by atoms with Crippen molar-refractivity contribution in [3.8, 4) is 0 Å². The molecule has 0 spiro atoms. The summed E-state index contributed by atoms with van der Waals surface area (Å²) in [6.45, 7) is 1.65. The molecule has 0 radical (unpaired) electrons. The van der Waals surface area contributed by atoms with Crippen LogP contribution in [-0.2, 0) is 16.6 Å².